The topological polar surface area (TPSA) is 37.2 Å². The predicted octanol–water partition coefficient (Wildman–Crippen LogP) is 4.09. The Morgan fingerprint density at radius 1 is 1.33 bits per heavy atom. The smallest absolute Gasteiger partial charge is 0.171 e. The molecule has 1 atom stereocenters. The first-order chi connectivity index (χ1) is 8.65. The molecule has 0 saturated carbocycles. The molecule has 0 aliphatic rings. The summed E-state index contributed by atoms with van der Waals surface area (Å²) in [5.41, 5.74) is 0.938. The van der Waals surface area contributed by atoms with Crippen molar-refractivity contribution in [2.45, 2.75) is 13.0 Å². The Balaban J connectivity index is 1.93. The second-order valence-corrected chi connectivity index (χ2v) is 5.17. The zero-order chi connectivity index (χ0) is 13.0. The van der Waals surface area contributed by atoms with E-state index in [9.17, 15) is 0 Å². The molecule has 94 valence electrons. The van der Waals surface area contributed by atoms with E-state index >= 15 is 0 Å². The third kappa shape index (κ3) is 3.58. The van der Waals surface area contributed by atoms with Crippen LogP contribution < -0.4 is 10.6 Å². The lowest BCUT2D eigenvalue weighted by Gasteiger charge is -2.15. The van der Waals surface area contributed by atoms with E-state index in [1.165, 1.54) is 0 Å². The van der Waals surface area contributed by atoms with Crippen LogP contribution in [0.25, 0.3) is 0 Å². The maximum Gasteiger partial charge on any atom is 0.171 e. The van der Waals surface area contributed by atoms with E-state index in [2.05, 4.69) is 26.6 Å². The van der Waals surface area contributed by atoms with Gasteiger partial charge in [0, 0.05) is 10.2 Å². The molecule has 3 nitrogen and oxygen atoms in total. The third-order valence-electron chi connectivity index (χ3n) is 2.40. The van der Waals surface area contributed by atoms with E-state index in [1.807, 2.05) is 43.3 Å². The Bertz CT molecular complexity index is 528. The van der Waals surface area contributed by atoms with Crippen LogP contribution in [0, 0.1) is 0 Å². The summed E-state index contributed by atoms with van der Waals surface area (Å²) in [5.74, 6) is 0.855. The Hall–Kier alpha value is -1.33. The standard InChI is InChI=1S/C13H13BrN2OS/c1-9(12-6-3-7-17-12)15-13(18)16-11-5-2-4-10(14)8-11/h2-9H,1H3,(H2,15,16,18)/t9-/m0/s1. The lowest BCUT2D eigenvalue weighted by molar-refractivity contribution is 0.464. The molecule has 0 radical (unpaired) electrons. The summed E-state index contributed by atoms with van der Waals surface area (Å²) in [6.07, 6.45) is 1.65. The molecule has 1 aromatic heterocycles. The quantitative estimate of drug-likeness (QED) is 0.834. The average Bonchev–Trinajstić information content (AvgIpc) is 2.81. The largest absolute Gasteiger partial charge is 0.467 e. The molecule has 0 aliphatic carbocycles. The Morgan fingerprint density at radius 3 is 2.83 bits per heavy atom. The molecule has 5 heteroatoms. The van der Waals surface area contributed by atoms with Gasteiger partial charge in [0.25, 0.3) is 0 Å². The number of nitrogens with one attached hydrogen (secondary N) is 2. The van der Waals surface area contributed by atoms with Gasteiger partial charge in [-0.2, -0.15) is 0 Å². The van der Waals surface area contributed by atoms with Crippen molar-refractivity contribution in [2.24, 2.45) is 0 Å². The highest BCUT2D eigenvalue weighted by Gasteiger charge is 2.09. The number of halogens is 1. The predicted molar refractivity (Wildman–Crippen MR) is 80.6 cm³/mol. The Kier molecular flexibility index (Phi) is 4.38. The van der Waals surface area contributed by atoms with Gasteiger partial charge in [-0.1, -0.05) is 22.0 Å². The Morgan fingerprint density at radius 2 is 2.17 bits per heavy atom. The molecule has 0 fully saturated rings. The zero-order valence-corrected chi connectivity index (χ0v) is 12.2. The highest BCUT2D eigenvalue weighted by Crippen LogP contribution is 2.16. The first-order valence-corrected chi connectivity index (χ1v) is 6.72. The number of rotatable bonds is 3. The molecule has 0 spiro atoms. The molecule has 18 heavy (non-hydrogen) atoms. The van der Waals surface area contributed by atoms with Crippen molar-refractivity contribution in [2.75, 3.05) is 5.32 Å². The lowest BCUT2D eigenvalue weighted by atomic mass is 10.2. The number of furan rings is 1. The van der Waals surface area contributed by atoms with Gasteiger partial charge in [-0.15, -0.1) is 0 Å². The fourth-order valence-electron chi connectivity index (χ4n) is 1.54. The van der Waals surface area contributed by atoms with Crippen molar-refractivity contribution in [3.05, 3.63) is 52.9 Å². The van der Waals surface area contributed by atoms with Crippen molar-refractivity contribution in [1.29, 1.82) is 0 Å². The zero-order valence-electron chi connectivity index (χ0n) is 9.81. The van der Waals surface area contributed by atoms with E-state index in [-0.39, 0.29) is 6.04 Å². The van der Waals surface area contributed by atoms with Crippen LogP contribution in [0.4, 0.5) is 5.69 Å². The van der Waals surface area contributed by atoms with Crippen LogP contribution in [0.1, 0.15) is 18.7 Å². The van der Waals surface area contributed by atoms with Crippen molar-refractivity contribution in [1.82, 2.24) is 5.32 Å². The van der Waals surface area contributed by atoms with Crippen LogP contribution in [0.3, 0.4) is 0 Å². The minimum atomic E-state index is 0.0344. The van der Waals surface area contributed by atoms with Crippen molar-refractivity contribution in [3.63, 3.8) is 0 Å². The van der Waals surface area contributed by atoms with E-state index in [1.54, 1.807) is 6.26 Å². The molecule has 2 aromatic rings. The summed E-state index contributed by atoms with van der Waals surface area (Å²) < 4.78 is 6.32. The highest BCUT2D eigenvalue weighted by molar-refractivity contribution is 9.10. The lowest BCUT2D eigenvalue weighted by Crippen LogP contribution is -2.30. The maximum atomic E-state index is 5.31. The SMILES string of the molecule is C[C@H](NC(=S)Nc1cccc(Br)c1)c1ccco1. The molecule has 2 rings (SSSR count). The fourth-order valence-corrected chi connectivity index (χ4v) is 2.23. The normalized spacial score (nSPS) is 11.9. The van der Waals surface area contributed by atoms with E-state index in [0.717, 1.165) is 15.9 Å². The van der Waals surface area contributed by atoms with Gasteiger partial charge in [-0.3, -0.25) is 0 Å². The van der Waals surface area contributed by atoms with Gasteiger partial charge in [-0.05, 0) is 49.5 Å². The van der Waals surface area contributed by atoms with Gasteiger partial charge >= 0.3 is 0 Å². The van der Waals surface area contributed by atoms with Gasteiger partial charge in [0.05, 0.1) is 12.3 Å². The summed E-state index contributed by atoms with van der Waals surface area (Å²) in [7, 11) is 0. The van der Waals surface area contributed by atoms with Crippen LogP contribution in [-0.4, -0.2) is 5.11 Å². The minimum Gasteiger partial charge on any atom is -0.467 e. The van der Waals surface area contributed by atoms with Gasteiger partial charge in [-0.25, -0.2) is 0 Å². The van der Waals surface area contributed by atoms with Gasteiger partial charge < -0.3 is 15.1 Å². The van der Waals surface area contributed by atoms with Crippen LogP contribution in [0.15, 0.2) is 51.6 Å². The number of anilines is 1. The molecule has 1 aromatic carbocycles. The highest BCUT2D eigenvalue weighted by atomic mass is 79.9. The summed E-state index contributed by atoms with van der Waals surface area (Å²) >= 11 is 8.67. The van der Waals surface area contributed by atoms with Crippen molar-refractivity contribution < 1.29 is 4.42 Å². The van der Waals surface area contributed by atoms with Gasteiger partial charge in [0.2, 0.25) is 0 Å². The fraction of sp³-hybridized carbons (Fsp3) is 0.154. The number of benzene rings is 1. The molecular weight excluding hydrogens is 312 g/mol. The monoisotopic (exact) mass is 324 g/mol. The number of hydrogen-bond donors (Lipinski definition) is 2. The first-order valence-electron chi connectivity index (χ1n) is 5.51. The molecule has 0 aliphatic heterocycles. The first kappa shape index (κ1) is 13.1. The van der Waals surface area contributed by atoms with E-state index in [4.69, 9.17) is 16.6 Å². The molecule has 0 unspecified atom stereocenters. The molecule has 1 heterocycles. The molecule has 0 bridgehead atoms. The van der Waals surface area contributed by atoms with Gasteiger partial charge in [0.1, 0.15) is 5.76 Å². The average molecular weight is 325 g/mol. The third-order valence-corrected chi connectivity index (χ3v) is 3.11. The van der Waals surface area contributed by atoms with Crippen LogP contribution >= 0.6 is 28.1 Å². The maximum absolute atomic E-state index is 5.31. The molecule has 0 saturated heterocycles. The van der Waals surface area contributed by atoms with Crippen LogP contribution in [-0.2, 0) is 0 Å². The number of thiocarbonyl (C=S) groups is 1. The van der Waals surface area contributed by atoms with Crippen LogP contribution in [0.2, 0.25) is 0 Å². The second kappa shape index (κ2) is 6.02. The number of hydrogen-bond acceptors (Lipinski definition) is 2. The summed E-state index contributed by atoms with van der Waals surface area (Å²) in [6, 6.07) is 11.6. The Labute approximate surface area is 120 Å². The molecule has 2 N–H and O–H groups in total. The molecule has 0 amide bonds. The van der Waals surface area contributed by atoms with Crippen molar-refractivity contribution in [3.8, 4) is 0 Å². The van der Waals surface area contributed by atoms with E-state index < -0.39 is 0 Å². The summed E-state index contributed by atoms with van der Waals surface area (Å²) in [6.45, 7) is 1.99. The minimum absolute atomic E-state index is 0.0344. The second-order valence-electron chi connectivity index (χ2n) is 3.85. The van der Waals surface area contributed by atoms with Crippen molar-refractivity contribution >= 4 is 38.9 Å². The van der Waals surface area contributed by atoms with Crippen LogP contribution in [0.5, 0.6) is 0 Å². The molecular formula is C13H13BrN2OS. The summed E-state index contributed by atoms with van der Waals surface area (Å²) in [5, 5.41) is 6.85. The van der Waals surface area contributed by atoms with E-state index in [0.29, 0.717) is 5.11 Å². The summed E-state index contributed by atoms with van der Waals surface area (Å²) in [4.78, 5) is 0. The van der Waals surface area contributed by atoms with Gasteiger partial charge in [0.15, 0.2) is 5.11 Å².